The molecule has 1 aliphatic rings. The molecule has 0 aliphatic carbocycles. The summed E-state index contributed by atoms with van der Waals surface area (Å²) >= 11 is 0. The van der Waals surface area contributed by atoms with Crippen LogP contribution in [-0.2, 0) is 4.74 Å². The van der Waals surface area contributed by atoms with Crippen LogP contribution in [0.25, 0.3) is 0 Å². The van der Waals surface area contributed by atoms with E-state index in [1.54, 1.807) is 0 Å². The van der Waals surface area contributed by atoms with Crippen molar-refractivity contribution in [3.05, 3.63) is 29.8 Å². The van der Waals surface area contributed by atoms with Crippen LogP contribution in [0, 0.1) is 0 Å². The molecule has 2 rings (SSSR count). The highest BCUT2D eigenvalue weighted by atomic mass is 16.5. The molecule has 20 heavy (non-hydrogen) atoms. The van der Waals surface area contributed by atoms with Crippen molar-refractivity contribution in [3.63, 3.8) is 0 Å². The van der Waals surface area contributed by atoms with Gasteiger partial charge in [0.2, 0.25) is 0 Å². The Labute approximate surface area is 121 Å². The number of anilines is 1. The summed E-state index contributed by atoms with van der Waals surface area (Å²) in [4.78, 5) is 16.5. The number of piperazine rings is 1. The van der Waals surface area contributed by atoms with Gasteiger partial charge in [0.05, 0.1) is 12.2 Å². The van der Waals surface area contributed by atoms with E-state index in [-0.39, 0.29) is 5.97 Å². The van der Waals surface area contributed by atoms with Crippen molar-refractivity contribution in [3.8, 4) is 0 Å². The van der Waals surface area contributed by atoms with E-state index in [1.807, 2.05) is 31.2 Å². The molecule has 4 nitrogen and oxygen atoms in total. The minimum absolute atomic E-state index is 0.247. The Morgan fingerprint density at radius 2 is 1.75 bits per heavy atom. The Hall–Kier alpha value is -1.55. The van der Waals surface area contributed by atoms with Crippen molar-refractivity contribution in [1.82, 2.24) is 4.90 Å². The first kappa shape index (κ1) is 14.9. The molecule has 0 saturated carbocycles. The van der Waals surface area contributed by atoms with Gasteiger partial charge >= 0.3 is 5.97 Å². The average Bonchev–Trinajstić information content (AvgIpc) is 2.48. The van der Waals surface area contributed by atoms with E-state index in [4.69, 9.17) is 4.74 Å². The predicted octanol–water partition coefficient (Wildman–Crippen LogP) is 2.39. The van der Waals surface area contributed by atoms with Crippen LogP contribution in [0.2, 0.25) is 0 Å². The summed E-state index contributed by atoms with van der Waals surface area (Å²) in [6.07, 6.45) is 0. The van der Waals surface area contributed by atoms with Crippen molar-refractivity contribution in [2.24, 2.45) is 0 Å². The molecular formula is C16H24N2O2. The second-order valence-electron chi connectivity index (χ2n) is 5.38. The Morgan fingerprint density at radius 1 is 1.15 bits per heavy atom. The molecule has 4 heteroatoms. The second kappa shape index (κ2) is 6.75. The highest BCUT2D eigenvalue weighted by molar-refractivity contribution is 5.89. The molecular weight excluding hydrogens is 252 g/mol. The lowest BCUT2D eigenvalue weighted by molar-refractivity contribution is 0.0526. The molecule has 1 aromatic rings. The van der Waals surface area contributed by atoms with Gasteiger partial charge in [-0.25, -0.2) is 4.79 Å². The van der Waals surface area contributed by atoms with Gasteiger partial charge in [-0.05, 0) is 45.0 Å². The zero-order valence-corrected chi connectivity index (χ0v) is 12.6. The Balaban J connectivity index is 1.96. The monoisotopic (exact) mass is 276 g/mol. The van der Waals surface area contributed by atoms with Crippen molar-refractivity contribution in [1.29, 1.82) is 0 Å². The normalized spacial score (nSPS) is 16.5. The minimum Gasteiger partial charge on any atom is -0.462 e. The number of nitrogens with zero attached hydrogens (tertiary/aromatic N) is 2. The molecule has 0 spiro atoms. The zero-order chi connectivity index (χ0) is 14.5. The fourth-order valence-corrected chi connectivity index (χ4v) is 2.52. The van der Waals surface area contributed by atoms with Gasteiger partial charge in [0.15, 0.2) is 0 Å². The third-order valence-corrected chi connectivity index (χ3v) is 3.79. The molecule has 1 aromatic carbocycles. The van der Waals surface area contributed by atoms with Gasteiger partial charge in [-0.15, -0.1) is 0 Å². The predicted molar refractivity (Wildman–Crippen MR) is 81.3 cm³/mol. The number of ether oxygens (including phenoxy) is 1. The van der Waals surface area contributed by atoms with E-state index < -0.39 is 0 Å². The summed E-state index contributed by atoms with van der Waals surface area (Å²) < 4.78 is 4.99. The van der Waals surface area contributed by atoms with E-state index in [1.165, 1.54) is 5.69 Å². The van der Waals surface area contributed by atoms with Crippen LogP contribution in [0.15, 0.2) is 24.3 Å². The molecule has 1 fully saturated rings. The second-order valence-corrected chi connectivity index (χ2v) is 5.38. The molecule has 0 unspecified atom stereocenters. The molecule has 0 bridgehead atoms. The number of hydrogen-bond donors (Lipinski definition) is 0. The largest absolute Gasteiger partial charge is 0.462 e. The fourth-order valence-electron chi connectivity index (χ4n) is 2.52. The summed E-state index contributed by atoms with van der Waals surface area (Å²) in [5, 5.41) is 0. The maximum Gasteiger partial charge on any atom is 0.338 e. The van der Waals surface area contributed by atoms with Crippen LogP contribution in [0.1, 0.15) is 31.1 Å². The van der Waals surface area contributed by atoms with Crippen LogP contribution in [0.5, 0.6) is 0 Å². The lowest BCUT2D eigenvalue weighted by atomic mass is 10.1. The van der Waals surface area contributed by atoms with E-state index in [2.05, 4.69) is 23.6 Å². The van der Waals surface area contributed by atoms with Gasteiger partial charge in [0.25, 0.3) is 0 Å². The molecule has 110 valence electrons. The highest BCUT2D eigenvalue weighted by Gasteiger charge is 2.19. The maximum atomic E-state index is 11.6. The number of benzene rings is 1. The lowest BCUT2D eigenvalue weighted by Gasteiger charge is -2.38. The first-order chi connectivity index (χ1) is 9.61. The van der Waals surface area contributed by atoms with Crippen molar-refractivity contribution < 1.29 is 9.53 Å². The third-order valence-electron chi connectivity index (χ3n) is 3.79. The van der Waals surface area contributed by atoms with Crippen LogP contribution in [0.4, 0.5) is 5.69 Å². The smallest absolute Gasteiger partial charge is 0.338 e. The Kier molecular flexibility index (Phi) is 5.01. The zero-order valence-electron chi connectivity index (χ0n) is 12.6. The van der Waals surface area contributed by atoms with Crippen LogP contribution in [-0.4, -0.2) is 49.7 Å². The molecule has 1 aliphatic heterocycles. The molecule has 1 heterocycles. The topological polar surface area (TPSA) is 32.8 Å². The summed E-state index contributed by atoms with van der Waals surface area (Å²) in [7, 11) is 0. The van der Waals surface area contributed by atoms with Crippen molar-refractivity contribution >= 4 is 11.7 Å². The van der Waals surface area contributed by atoms with Gasteiger partial charge in [0.1, 0.15) is 0 Å². The molecule has 0 radical (unpaired) electrons. The number of rotatable bonds is 4. The molecule has 0 N–H and O–H groups in total. The average molecular weight is 276 g/mol. The summed E-state index contributed by atoms with van der Waals surface area (Å²) in [5.74, 6) is -0.247. The van der Waals surface area contributed by atoms with Crippen LogP contribution < -0.4 is 4.90 Å². The highest BCUT2D eigenvalue weighted by Crippen LogP contribution is 2.18. The van der Waals surface area contributed by atoms with Gasteiger partial charge in [0, 0.05) is 37.9 Å². The van der Waals surface area contributed by atoms with E-state index in [0.29, 0.717) is 18.2 Å². The minimum atomic E-state index is -0.247. The standard InChI is InChI=1S/C16H24N2O2/c1-4-20-16(19)14-5-7-15(8-6-14)18-11-9-17(10-12-18)13(2)3/h5-8,13H,4,9-12H2,1-3H3. The Morgan fingerprint density at radius 3 is 2.25 bits per heavy atom. The van der Waals surface area contributed by atoms with E-state index in [9.17, 15) is 4.79 Å². The molecule has 1 saturated heterocycles. The van der Waals surface area contributed by atoms with Gasteiger partial charge in [-0.2, -0.15) is 0 Å². The van der Waals surface area contributed by atoms with Crippen LogP contribution >= 0.6 is 0 Å². The summed E-state index contributed by atoms with van der Waals surface area (Å²) in [5.41, 5.74) is 1.80. The number of carbonyl (C=O) groups is 1. The quantitative estimate of drug-likeness (QED) is 0.791. The summed E-state index contributed by atoms with van der Waals surface area (Å²) in [6.45, 7) is 11.0. The number of carbonyl (C=O) groups excluding carboxylic acids is 1. The van der Waals surface area contributed by atoms with Gasteiger partial charge < -0.3 is 9.64 Å². The van der Waals surface area contributed by atoms with Gasteiger partial charge in [-0.1, -0.05) is 0 Å². The number of esters is 1. The van der Waals surface area contributed by atoms with Crippen LogP contribution in [0.3, 0.4) is 0 Å². The molecule has 0 aromatic heterocycles. The third kappa shape index (κ3) is 3.51. The maximum absolute atomic E-state index is 11.6. The SMILES string of the molecule is CCOC(=O)c1ccc(N2CCN(C(C)C)CC2)cc1. The van der Waals surface area contributed by atoms with Crippen molar-refractivity contribution in [2.75, 3.05) is 37.7 Å². The number of hydrogen-bond acceptors (Lipinski definition) is 4. The fraction of sp³-hybridized carbons (Fsp3) is 0.562. The first-order valence-corrected chi connectivity index (χ1v) is 7.38. The lowest BCUT2D eigenvalue weighted by Crippen LogP contribution is -2.48. The molecule has 0 amide bonds. The van der Waals surface area contributed by atoms with E-state index in [0.717, 1.165) is 26.2 Å². The molecule has 0 atom stereocenters. The van der Waals surface area contributed by atoms with Crippen molar-refractivity contribution in [2.45, 2.75) is 26.8 Å². The summed E-state index contributed by atoms with van der Waals surface area (Å²) in [6, 6.07) is 8.34. The first-order valence-electron chi connectivity index (χ1n) is 7.38. The van der Waals surface area contributed by atoms with Gasteiger partial charge in [-0.3, -0.25) is 4.90 Å². The Bertz CT molecular complexity index is 434. The van der Waals surface area contributed by atoms with E-state index >= 15 is 0 Å².